The van der Waals surface area contributed by atoms with Crippen LogP contribution in [0.1, 0.15) is 47.4 Å². The summed E-state index contributed by atoms with van der Waals surface area (Å²) in [5.74, 6) is -0.00725. The zero-order chi connectivity index (χ0) is 14.8. The van der Waals surface area contributed by atoms with Crippen LogP contribution in [0.3, 0.4) is 0 Å². The summed E-state index contributed by atoms with van der Waals surface area (Å²) in [6, 6.07) is 10.8. The van der Waals surface area contributed by atoms with Crippen molar-refractivity contribution in [2.24, 2.45) is 0 Å². The molecule has 1 N–H and O–H groups in total. The monoisotopic (exact) mass is 346 g/mol. The van der Waals surface area contributed by atoms with E-state index in [1.165, 1.54) is 18.4 Å². The number of carbonyl (C=O) groups is 1. The molecule has 0 bridgehead atoms. The molecule has 1 amide bonds. The number of halogens is 1. The van der Waals surface area contributed by atoms with Crippen molar-refractivity contribution in [1.82, 2.24) is 9.88 Å². The Balaban J connectivity index is 1.65. The highest BCUT2D eigenvalue weighted by Gasteiger charge is 2.27. The quantitative estimate of drug-likeness (QED) is 0.869. The highest BCUT2D eigenvalue weighted by molar-refractivity contribution is 9.10. The van der Waals surface area contributed by atoms with Crippen LogP contribution in [0.4, 0.5) is 0 Å². The fraction of sp³-hybridized carbons (Fsp3) is 0.353. The first-order valence-electron chi connectivity index (χ1n) is 7.40. The number of rotatable bonds is 5. The van der Waals surface area contributed by atoms with Gasteiger partial charge in [-0.1, -0.05) is 31.2 Å². The maximum Gasteiger partial charge on any atom is 0.268 e. The molecule has 3 nitrogen and oxygen atoms in total. The second kappa shape index (κ2) is 6.06. The number of aromatic nitrogens is 1. The van der Waals surface area contributed by atoms with Gasteiger partial charge >= 0.3 is 0 Å². The smallest absolute Gasteiger partial charge is 0.268 e. The average Bonchev–Trinajstić information content (AvgIpc) is 3.27. The van der Waals surface area contributed by atoms with Crippen LogP contribution >= 0.6 is 15.9 Å². The van der Waals surface area contributed by atoms with Gasteiger partial charge in [0.15, 0.2) is 0 Å². The van der Waals surface area contributed by atoms with E-state index in [2.05, 4.69) is 57.0 Å². The molecule has 1 fully saturated rings. The molecule has 4 heteroatoms. The van der Waals surface area contributed by atoms with Gasteiger partial charge in [0.05, 0.1) is 0 Å². The molecule has 0 radical (unpaired) electrons. The van der Waals surface area contributed by atoms with Crippen molar-refractivity contribution < 1.29 is 4.79 Å². The molecule has 1 aliphatic rings. The van der Waals surface area contributed by atoms with Crippen molar-refractivity contribution in [2.45, 2.75) is 38.8 Å². The normalized spacial score (nSPS) is 14.2. The number of benzene rings is 1. The molecule has 0 unspecified atom stereocenters. The molecule has 2 aromatic rings. The van der Waals surface area contributed by atoms with E-state index in [1.54, 1.807) is 0 Å². The molecular weight excluding hydrogens is 328 g/mol. The van der Waals surface area contributed by atoms with E-state index in [4.69, 9.17) is 0 Å². The highest BCUT2D eigenvalue weighted by Crippen LogP contribution is 2.37. The van der Waals surface area contributed by atoms with Gasteiger partial charge in [-0.3, -0.25) is 4.79 Å². The summed E-state index contributed by atoms with van der Waals surface area (Å²) in [5.41, 5.74) is 3.19. The van der Waals surface area contributed by atoms with Gasteiger partial charge in [-0.25, -0.2) is 0 Å². The first-order valence-corrected chi connectivity index (χ1v) is 8.20. The van der Waals surface area contributed by atoms with Gasteiger partial charge in [0, 0.05) is 23.3 Å². The number of nitrogens with one attached hydrogen (secondary N) is 1. The summed E-state index contributed by atoms with van der Waals surface area (Å²) in [4.78, 5) is 12.4. The SMILES string of the molecule is CCc1ccc(CNC(=O)c2cc(Br)cn2C2CC2)cc1. The Morgan fingerprint density at radius 3 is 2.57 bits per heavy atom. The zero-order valence-electron chi connectivity index (χ0n) is 12.1. The Morgan fingerprint density at radius 2 is 1.95 bits per heavy atom. The molecule has 1 aromatic heterocycles. The summed E-state index contributed by atoms with van der Waals surface area (Å²) >= 11 is 3.46. The first kappa shape index (κ1) is 14.4. The number of carbonyl (C=O) groups excluding carboxylic acids is 1. The Kier molecular flexibility index (Phi) is 4.15. The highest BCUT2D eigenvalue weighted by atomic mass is 79.9. The lowest BCUT2D eigenvalue weighted by molar-refractivity contribution is 0.0941. The van der Waals surface area contributed by atoms with Gasteiger partial charge in [0.25, 0.3) is 5.91 Å². The van der Waals surface area contributed by atoms with Crippen LogP contribution in [0.25, 0.3) is 0 Å². The zero-order valence-corrected chi connectivity index (χ0v) is 13.7. The third-order valence-electron chi connectivity index (χ3n) is 3.87. The van der Waals surface area contributed by atoms with E-state index in [0.29, 0.717) is 12.6 Å². The molecule has 0 saturated heterocycles. The molecule has 1 aromatic carbocycles. The second-order valence-electron chi connectivity index (χ2n) is 5.53. The molecule has 21 heavy (non-hydrogen) atoms. The van der Waals surface area contributed by atoms with E-state index >= 15 is 0 Å². The Morgan fingerprint density at radius 1 is 1.29 bits per heavy atom. The summed E-state index contributed by atoms with van der Waals surface area (Å²) in [7, 11) is 0. The standard InChI is InChI=1S/C17H19BrN2O/c1-2-12-3-5-13(6-4-12)10-19-17(21)16-9-14(18)11-20(16)15-7-8-15/h3-6,9,11,15H,2,7-8,10H2,1H3,(H,19,21). The fourth-order valence-corrected chi connectivity index (χ4v) is 2.89. The Hall–Kier alpha value is -1.55. The van der Waals surface area contributed by atoms with Crippen LogP contribution in [0, 0.1) is 0 Å². The predicted molar refractivity (Wildman–Crippen MR) is 87.4 cm³/mol. The van der Waals surface area contributed by atoms with Crippen molar-refractivity contribution >= 4 is 21.8 Å². The molecule has 1 heterocycles. The van der Waals surface area contributed by atoms with Gasteiger partial charge in [-0.05, 0) is 52.4 Å². The van der Waals surface area contributed by atoms with Gasteiger partial charge in [0.1, 0.15) is 5.69 Å². The van der Waals surface area contributed by atoms with Crippen LogP contribution < -0.4 is 5.32 Å². The maximum absolute atomic E-state index is 12.4. The number of aryl methyl sites for hydroxylation is 1. The molecule has 1 aliphatic carbocycles. The van der Waals surface area contributed by atoms with E-state index in [-0.39, 0.29) is 5.91 Å². The summed E-state index contributed by atoms with van der Waals surface area (Å²) in [5, 5.41) is 3.01. The first-order chi connectivity index (χ1) is 10.2. The lowest BCUT2D eigenvalue weighted by Gasteiger charge is -2.09. The van der Waals surface area contributed by atoms with Crippen LogP contribution in [0.15, 0.2) is 41.0 Å². The van der Waals surface area contributed by atoms with Crippen LogP contribution in [0.5, 0.6) is 0 Å². The minimum atomic E-state index is -0.00725. The third kappa shape index (κ3) is 3.38. The molecule has 0 spiro atoms. The molecule has 110 valence electrons. The van der Waals surface area contributed by atoms with Gasteiger partial charge in [0.2, 0.25) is 0 Å². The fourth-order valence-electron chi connectivity index (χ4n) is 2.45. The molecule has 1 saturated carbocycles. The largest absolute Gasteiger partial charge is 0.347 e. The van der Waals surface area contributed by atoms with E-state index in [9.17, 15) is 4.79 Å². The molecule has 0 aliphatic heterocycles. The van der Waals surface area contributed by atoms with E-state index in [1.807, 2.05) is 12.3 Å². The van der Waals surface area contributed by atoms with Crippen LogP contribution in [0.2, 0.25) is 0 Å². The van der Waals surface area contributed by atoms with Crippen molar-refractivity contribution in [3.05, 3.63) is 57.8 Å². The summed E-state index contributed by atoms with van der Waals surface area (Å²) in [6.45, 7) is 2.71. The minimum absolute atomic E-state index is 0.00725. The second-order valence-corrected chi connectivity index (χ2v) is 6.45. The number of amides is 1. The number of hydrogen-bond donors (Lipinski definition) is 1. The van der Waals surface area contributed by atoms with E-state index in [0.717, 1.165) is 22.2 Å². The molecular formula is C17H19BrN2O. The topological polar surface area (TPSA) is 34.0 Å². The third-order valence-corrected chi connectivity index (χ3v) is 4.31. The van der Waals surface area contributed by atoms with Crippen molar-refractivity contribution in [2.75, 3.05) is 0 Å². The Labute approximate surface area is 133 Å². The van der Waals surface area contributed by atoms with Crippen LogP contribution in [-0.2, 0) is 13.0 Å². The number of nitrogens with zero attached hydrogens (tertiary/aromatic N) is 1. The molecule has 3 rings (SSSR count). The van der Waals surface area contributed by atoms with Crippen molar-refractivity contribution in [1.29, 1.82) is 0 Å². The van der Waals surface area contributed by atoms with Crippen molar-refractivity contribution in [3.63, 3.8) is 0 Å². The summed E-state index contributed by atoms with van der Waals surface area (Å²) < 4.78 is 3.05. The van der Waals surface area contributed by atoms with Gasteiger partial charge < -0.3 is 9.88 Å². The van der Waals surface area contributed by atoms with Gasteiger partial charge in [-0.15, -0.1) is 0 Å². The Bertz CT molecular complexity index is 641. The maximum atomic E-state index is 12.4. The lowest BCUT2D eigenvalue weighted by atomic mass is 10.1. The molecule has 0 atom stereocenters. The van der Waals surface area contributed by atoms with Crippen molar-refractivity contribution in [3.8, 4) is 0 Å². The predicted octanol–water partition coefficient (Wildman–Crippen LogP) is 4.08. The van der Waals surface area contributed by atoms with Gasteiger partial charge in [-0.2, -0.15) is 0 Å². The van der Waals surface area contributed by atoms with E-state index < -0.39 is 0 Å². The van der Waals surface area contributed by atoms with Crippen LogP contribution in [-0.4, -0.2) is 10.5 Å². The number of hydrogen-bond acceptors (Lipinski definition) is 1. The lowest BCUT2D eigenvalue weighted by Crippen LogP contribution is -2.25. The summed E-state index contributed by atoms with van der Waals surface area (Å²) in [6.07, 6.45) is 5.37. The minimum Gasteiger partial charge on any atom is -0.347 e. The average molecular weight is 347 g/mol.